The third-order valence-electron chi connectivity index (χ3n) is 3.08. The minimum atomic E-state index is -0.421. The quantitative estimate of drug-likeness (QED) is 0.756. The van der Waals surface area contributed by atoms with Gasteiger partial charge in [-0.05, 0) is 36.5 Å². The van der Waals surface area contributed by atoms with Crippen LogP contribution in [-0.4, -0.2) is 20.2 Å². The Kier molecular flexibility index (Phi) is 3.31. The number of hydrogen-bond donors (Lipinski definition) is 0. The molecule has 0 spiro atoms. The molecule has 1 unspecified atom stereocenters. The second-order valence-electron chi connectivity index (χ2n) is 4.23. The van der Waals surface area contributed by atoms with Crippen molar-refractivity contribution in [2.75, 3.05) is 14.2 Å². The highest BCUT2D eigenvalue weighted by Gasteiger charge is 2.38. The van der Waals surface area contributed by atoms with Crippen molar-refractivity contribution in [1.82, 2.24) is 0 Å². The molecule has 1 aliphatic rings. The summed E-state index contributed by atoms with van der Waals surface area (Å²) in [6.07, 6.45) is 2.03. The fraction of sp³-hybridized carbons (Fsp3) is 0.462. The monoisotopic (exact) mass is 238 g/mol. The number of carbonyl (C=O) groups is 1. The van der Waals surface area contributed by atoms with E-state index in [1.54, 1.807) is 12.1 Å². The van der Waals surface area contributed by atoms with Gasteiger partial charge in [0.25, 0.3) is 0 Å². The summed E-state index contributed by atoms with van der Waals surface area (Å²) in [5, 5.41) is 0. The minimum Gasteiger partial charge on any atom is -0.494 e. The Bertz CT molecular complexity index is 427. The molecule has 0 aliphatic heterocycles. The highest BCUT2D eigenvalue weighted by molar-refractivity contribution is 5.79. The van der Waals surface area contributed by atoms with Gasteiger partial charge in [0.05, 0.1) is 20.1 Å². The normalized spacial score (nSPS) is 16.4. The van der Waals surface area contributed by atoms with Gasteiger partial charge in [-0.3, -0.25) is 4.79 Å². The van der Waals surface area contributed by atoms with Crippen molar-refractivity contribution < 1.29 is 18.7 Å². The van der Waals surface area contributed by atoms with E-state index in [2.05, 4.69) is 0 Å². The molecule has 1 aromatic rings. The summed E-state index contributed by atoms with van der Waals surface area (Å²) in [7, 11) is 2.78. The molecular formula is C13H15FO3. The van der Waals surface area contributed by atoms with Crippen molar-refractivity contribution in [1.29, 1.82) is 0 Å². The zero-order chi connectivity index (χ0) is 12.4. The van der Waals surface area contributed by atoms with Crippen molar-refractivity contribution in [3.05, 3.63) is 29.6 Å². The van der Waals surface area contributed by atoms with Gasteiger partial charge in [0, 0.05) is 0 Å². The van der Waals surface area contributed by atoms with Crippen LogP contribution >= 0.6 is 0 Å². The second-order valence-corrected chi connectivity index (χ2v) is 4.23. The molecule has 0 radical (unpaired) electrons. The lowest BCUT2D eigenvalue weighted by molar-refractivity contribution is -0.143. The van der Waals surface area contributed by atoms with Gasteiger partial charge < -0.3 is 9.47 Å². The first-order chi connectivity index (χ1) is 8.17. The van der Waals surface area contributed by atoms with Crippen molar-refractivity contribution in [3.8, 4) is 5.75 Å². The molecule has 17 heavy (non-hydrogen) atoms. The molecule has 3 nitrogen and oxygen atoms in total. The third kappa shape index (κ3) is 2.40. The van der Waals surface area contributed by atoms with Gasteiger partial charge in [-0.25, -0.2) is 4.39 Å². The lowest BCUT2D eigenvalue weighted by atomic mass is 9.94. The Morgan fingerprint density at radius 2 is 2.12 bits per heavy atom. The van der Waals surface area contributed by atoms with Crippen LogP contribution in [0, 0.1) is 11.7 Å². The Labute approximate surface area is 99.5 Å². The summed E-state index contributed by atoms with van der Waals surface area (Å²) < 4.78 is 23.0. The first kappa shape index (κ1) is 11.9. The molecule has 0 amide bonds. The summed E-state index contributed by atoms with van der Waals surface area (Å²) in [6, 6.07) is 4.53. The van der Waals surface area contributed by atoms with Gasteiger partial charge in [-0.1, -0.05) is 6.07 Å². The smallest absolute Gasteiger partial charge is 0.313 e. The van der Waals surface area contributed by atoms with Crippen LogP contribution in [0.2, 0.25) is 0 Å². The maximum absolute atomic E-state index is 13.3. The first-order valence-electron chi connectivity index (χ1n) is 5.58. The van der Waals surface area contributed by atoms with E-state index in [1.807, 2.05) is 0 Å². The summed E-state index contributed by atoms with van der Waals surface area (Å²) in [5.41, 5.74) is 0.762. The average molecular weight is 238 g/mol. The Morgan fingerprint density at radius 1 is 1.41 bits per heavy atom. The number of esters is 1. The fourth-order valence-corrected chi connectivity index (χ4v) is 2.03. The summed E-state index contributed by atoms with van der Waals surface area (Å²) in [5.74, 6) is -0.499. The van der Waals surface area contributed by atoms with E-state index >= 15 is 0 Å². The molecule has 1 saturated carbocycles. The van der Waals surface area contributed by atoms with Crippen LogP contribution < -0.4 is 4.74 Å². The van der Waals surface area contributed by atoms with E-state index in [9.17, 15) is 9.18 Å². The lowest BCUT2D eigenvalue weighted by Crippen LogP contribution is -2.16. The van der Waals surface area contributed by atoms with Crippen molar-refractivity contribution >= 4 is 5.97 Å². The molecule has 1 atom stereocenters. The van der Waals surface area contributed by atoms with Gasteiger partial charge in [-0.2, -0.15) is 0 Å². The molecular weight excluding hydrogens is 223 g/mol. The molecule has 92 valence electrons. The Morgan fingerprint density at radius 3 is 2.65 bits per heavy atom. The highest BCUT2D eigenvalue weighted by Crippen LogP contribution is 2.44. The molecule has 1 aliphatic carbocycles. The first-order valence-corrected chi connectivity index (χ1v) is 5.58. The molecule has 0 saturated heterocycles. The summed E-state index contributed by atoms with van der Waals surface area (Å²) in [6.45, 7) is 0. The van der Waals surface area contributed by atoms with Crippen LogP contribution in [0.3, 0.4) is 0 Å². The van der Waals surface area contributed by atoms with E-state index in [0.717, 1.165) is 18.4 Å². The van der Waals surface area contributed by atoms with Gasteiger partial charge in [0.2, 0.25) is 0 Å². The topological polar surface area (TPSA) is 35.5 Å². The molecule has 0 heterocycles. The molecule has 0 aromatic heterocycles. The predicted octanol–water partition coefficient (Wildman–Crippen LogP) is 2.50. The van der Waals surface area contributed by atoms with Crippen LogP contribution in [0.15, 0.2) is 18.2 Å². The van der Waals surface area contributed by atoms with E-state index in [4.69, 9.17) is 9.47 Å². The van der Waals surface area contributed by atoms with Crippen LogP contribution in [0.25, 0.3) is 0 Å². The van der Waals surface area contributed by atoms with E-state index < -0.39 is 5.82 Å². The maximum Gasteiger partial charge on any atom is 0.313 e. The van der Waals surface area contributed by atoms with Gasteiger partial charge in [0.15, 0.2) is 11.6 Å². The number of halogens is 1. The number of benzene rings is 1. The summed E-state index contributed by atoms with van der Waals surface area (Å²) in [4.78, 5) is 11.7. The fourth-order valence-electron chi connectivity index (χ4n) is 2.03. The predicted molar refractivity (Wildman–Crippen MR) is 60.4 cm³/mol. The third-order valence-corrected chi connectivity index (χ3v) is 3.08. The maximum atomic E-state index is 13.3. The zero-order valence-electron chi connectivity index (χ0n) is 9.90. The van der Waals surface area contributed by atoms with Crippen molar-refractivity contribution in [2.24, 2.45) is 5.92 Å². The Balaban J connectivity index is 2.32. The standard InChI is InChI=1S/C13H15FO3/c1-16-11-7-9(5-6-10(11)14)12(8-3-4-8)13(15)17-2/h5-8,12H,3-4H2,1-2H3. The zero-order valence-corrected chi connectivity index (χ0v) is 9.90. The van der Waals surface area contributed by atoms with Gasteiger partial charge >= 0.3 is 5.97 Å². The van der Waals surface area contributed by atoms with E-state index in [0.29, 0.717) is 5.92 Å². The molecule has 0 bridgehead atoms. The SMILES string of the molecule is COC(=O)C(c1ccc(F)c(OC)c1)C1CC1. The number of carbonyl (C=O) groups excluding carboxylic acids is 1. The van der Waals surface area contributed by atoms with Crippen molar-refractivity contribution in [3.63, 3.8) is 0 Å². The number of rotatable bonds is 4. The minimum absolute atomic E-state index is 0.164. The molecule has 1 fully saturated rings. The number of hydrogen-bond acceptors (Lipinski definition) is 3. The second kappa shape index (κ2) is 4.73. The Hall–Kier alpha value is -1.58. The molecule has 1 aromatic carbocycles. The van der Waals surface area contributed by atoms with Crippen LogP contribution in [0.5, 0.6) is 5.75 Å². The van der Waals surface area contributed by atoms with Crippen LogP contribution in [0.1, 0.15) is 24.3 Å². The number of ether oxygens (including phenoxy) is 2. The number of methoxy groups -OCH3 is 2. The van der Waals surface area contributed by atoms with Gasteiger partial charge in [-0.15, -0.1) is 0 Å². The molecule has 2 rings (SSSR count). The van der Waals surface area contributed by atoms with Gasteiger partial charge in [0.1, 0.15) is 0 Å². The van der Waals surface area contributed by atoms with Crippen LogP contribution in [-0.2, 0) is 9.53 Å². The van der Waals surface area contributed by atoms with Crippen LogP contribution in [0.4, 0.5) is 4.39 Å². The highest BCUT2D eigenvalue weighted by atomic mass is 19.1. The average Bonchev–Trinajstić information content (AvgIpc) is 3.15. The van der Waals surface area contributed by atoms with Crippen molar-refractivity contribution in [2.45, 2.75) is 18.8 Å². The molecule has 4 heteroatoms. The van der Waals surface area contributed by atoms with E-state index in [-0.39, 0.29) is 17.6 Å². The largest absolute Gasteiger partial charge is 0.494 e. The summed E-state index contributed by atoms with van der Waals surface area (Å²) >= 11 is 0. The van der Waals surface area contributed by atoms with E-state index in [1.165, 1.54) is 20.3 Å². The molecule has 0 N–H and O–H groups in total. The lowest BCUT2D eigenvalue weighted by Gasteiger charge is -2.15.